The minimum Gasteiger partial charge on any atom is -0.497 e. The molecule has 2 aromatic carbocycles. The van der Waals surface area contributed by atoms with E-state index >= 15 is 0 Å². The number of anilines is 1. The largest absolute Gasteiger partial charge is 0.497 e. The molecule has 0 spiro atoms. The van der Waals surface area contributed by atoms with Crippen molar-refractivity contribution in [1.29, 1.82) is 0 Å². The van der Waals surface area contributed by atoms with Crippen molar-refractivity contribution in [3.8, 4) is 5.75 Å². The van der Waals surface area contributed by atoms with Crippen LogP contribution in [-0.2, 0) is 22.7 Å². The highest BCUT2D eigenvalue weighted by Crippen LogP contribution is 2.35. The normalized spacial score (nSPS) is 11.9. The summed E-state index contributed by atoms with van der Waals surface area (Å²) in [7, 11) is -2.67. The van der Waals surface area contributed by atoms with Gasteiger partial charge in [0.25, 0.3) is 10.0 Å². The fraction of sp³-hybridized carbons (Fsp3) is 0.150. The van der Waals surface area contributed by atoms with Gasteiger partial charge in [-0.3, -0.25) is 0 Å². The van der Waals surface area contributed by atoms with E-state index in [2.05, 4.69) is 4.98 Å². The molecule has 0 aliphatic carbocycles. The zero-order valence-electron chi connectivity index (χ0n) is 15.6. The Morgan fingerprint density at radius 1 is 1.07 bits per heavy atom. The van der Waals surface area contributed by atoms with E-state index in [1.165, 1.54) is 19.2 Å². The lowest BCUT2D eigenvalue weighted by atomic mass is 10.2. The van der Waals surface area contributed by atoms with Crippen molar-refractivity contribution in [3.05, 3.63) is 83.0 Å². The van der Waals surface area contributed by atoms with E-state index in [0.717, 1.165) is 4.31 Å². The molecular weight excluding hydrogens is 441 g/mol. The van der Waals surface area contributed by atoms with Gasteiger partial charge in [0.2, 0.25) is 0 Å². The number of methoxy groups -OCH3 is 1. The summed E-state index contributed by atoms with van der Waals surface area (Å²) in [6.45, 7) is -0.195. The number of aromatic nitrogens is 1. The Morgan fingerprint density at radius 3 is 2.23 bits per heavy atom. The summed E-state index contributed by atoms with van der Waals surface area (Å²) in [5.41, 5.74) is -0.508. The van der Waals surface area contributed by atoms with Gasteiger partial charge in [-0.2, -0.15) is 13.2 Å². The third-order valence-electron chi connectivity index (χ3n) is 4.20. The maximum Gasteiger partial charge on any atom is 0.417 e. The SMILES string of the molecule is COc1ccc(CN(c2ncc(C(F)(F)F)cc2Cl)S(=O)(=O)c2ccccc2)cc1. The lowest BCUT2D eigenvalue weighted by molar-refractivity contribution is -0.137. The van der Waals surface area contributed by atoms with Crippen LogP contribution in [0, 0.1) is 0 Å². The number of ether oxygens (including phenoxy) is 1. The van der Waals surface area contributed by atoms with Gasteiger partial charge in [0, 0.05) is 6.20 Å². The van der Waals surface area contributed by atoms with E-state index in [1.54, 1.807) is 42.5 Å². The van der Waals surface area contributed by atoms with E-state index in [0.29, 0.717) is 23.6 Å². The van der Waals surface area contributed by atoms with Gasteiger partial charge in [0.05, 0.1) is 29.1 Å². The fourth-order valence-electron chi connectivity index (χ4n) is 2.66. The first kappa shape index (κ1) is 21.9. The Balaban J connectivity index is 2.10. The number of hydrogen-bond acceptors (Lipinski definition) is 4. The van der Waals surface area contributed by atoms with Gasteiger partial charge in [-0.05, 0) is 35.9 Å². The summed E-state index contributed by atoms with van der Waals surface area (Å²) in [4.78, 5) is 3.69. The smallest absolute Gasteiger partial charge is 0.417 e. The number of alkyl halides is 3. The Labute approximate surface area is 176 Å². The van der Waals surface area contributed by atoms with Crippen LogP contribution < -0.4 is 9.04 Å². The van der Waals surface area contributed by atoms with E-state index < -0.39 is 26.8 Å². The molecule has 5 nitrogen and oxygen atoms in total. The second-order valence-electron chi connectivity index (χ2n) is 6.20. The van der Waals surface area contributed by atoms with Crippen LogP contribution in [-0.4, -0.2) is 20.5 Å². The molecule has 1 aromatic heterocycles. The monoisotopic (exact) mass is 456 g/mol. The molecule has 0 amide bonds. The first-order valence-corrected chi connectivity index (χ1v) is 10.4. The van der Waals surface area contributed by atoms with Gasteiger partial charge in [-0.1, -0.05) is 41.9 Å². The molecule has 0 bridgehead atoms. The van der Waals surface area contributed by atoms with Crippen molar-refractivity contribution in [2.45, 2.75) is 17.6 Å². The second kappa shape index (κ2) is 8.53. The van der Waals surface area contributed by atoms with Gasteiger partial charge >= 0.3 is 6.18 Å². The van der Waals surface area contributed by atoms with Crippen molar-refractivity contribution in [2.75, 3.05) is 11.4 Å². The molecule has 0 radical (unpaired) electrons. The number of pyridine rings is 1. The molecule has 0 N–H and O–H groups in total. The highest BCUT2D eigenvalue weighted by molar-refractivity contribution is 7.92. The topological polar surface area (TPSA) is 59.5 Å². The van der Waals surface area contributed by atoms with E-state index in [9.17, 15) is 21.6 Å². The molecule has 0 saturated carbocycles. The van der Waals surface area contributed by atoms with Gasteiger partial charge in [-0.25, -0.2) is 17.7 Å². The van der Waals surface area contributed by atoms with Gasteiger partial charge in [0.1, 0.15) is 5.75 Å². The van der Waals surface area contributed by atoms with Crippen LogP contribution in [0.15, 0.2) is 71.8 Å². The first-order valence-electron chi connectivity index (χ1n) is 8.56. The Morgan fingerprint density at radius 2 is 1.70 bits per heavy atom. The number of rotatable bonds is 6. The summed E-state index contributed by atoms with van der Waals surface area (Å²) in [6.07, 6.45) is -4.10. The Bertz CT molecular complexity index is 1120. The average Bonchev–Trinajstić information content (AvgIpc) is 2.72. The predicted octanol–water partition coefficient (Wildman–Crippen LogP) is 5.16. The standard InChI is InChI=1S/C20H16ClF3N2O3S/c1-29-16-9-7-14(8-10-16)13-26(30(27,28)17-5-3-2-4-6-17)19-18(21)11-15(12-25-19)20(22,23)24/h2-12H,13H2,1H3. The van der Waals surface area contributed by atoms with E-state index in [4.69, 9.17) is 16.3 Å². The lowest BCUT2D eigenvalue weighted by Crippen LogP contribution is -2.31. The summed E-state index contributed by atoms with van der Waals surface area (Å²) in [5, 5.41) is -0.433. The fourth-order valence-corrected chi connectivity index (χ4v) is 4.43. The summed E-state index contributed by atoms with van der Waals surface area (Å²) >= 11 is 6.05. The summed E-state index contributed by atoms with van der Waals surface area (Å²) in [6, 6.07) is 14.7. The maximum atomic E-state index is 13.3. The minimum atomic E-state index is -4.66. The van der Waals surface area contributed by atoms with Crippen molar-refractivity contribution in [1.82, 2.24) is 4.98 Å². The van der Waals surface area contributed by atoms with Gasteiger partial charge < -0.3 is 4.74 Å². The maximum absolute atomic E-state index is 13.3. The number of hydrogen-bond donors (Lipinski definition) is 0. The van der Waals surface area contributed by atoms with Crippen LogP contribution >= 0.6 is 11.6 Å². The third-order valence-corrected chi connectivity index (χ3v) is 6.23. The van der Waals surface area contributed by atoms with E-state index in [-0.39, 0.29) is 17.3 Å². The van der Waals surface area contributed by atoms with Crippen LogP contribution in [0.5, 0.6) is 5.75 Å². The quantitative estimate of drug-likeness (QED) is 0.514. The second-order valence-corrected chi connectivity index (χ2v) is 8.47. The highest BCUT2D eigenvalue weighted by atomic mass is 35.5. The number of sulfonamides is 1. The van der Waals surface area contributed by atoms with Crippen molar-refractivity contribution in [3.63, 3.8) is 0 Å². The molecule has 0 unspecified atom stereocenters. The molecule has 0 saturated heterocycles. The zero-order chi connectivity index (χ0) is 21.9. The average molecular weight is 457 g/mol. The van der Waals surface area contributed by atoms with Gasteiger partial charge in [-0.15, -0.1) is 0 Å². The number of halogens is 4. The summed E-state index contributed by atoms with van der Waals surface area (Å²) < 4.78 is 71.4. The molecule has 0 aliphatic heterocycles. The molecule has 10 heteroatoms. The Kier molecular flexibility index (Phi) is 6.23. The van der Waals surface area contributed by atoms with Crippen LogP contribution in [0.2, 0.25) is 5.02 Å². The number of benzene rings is 2. The van der Waals surface area contributed by atoms with Crippen molar-refractivity contribution in [2.24, 2.45) is 0 Å². The van der Waals surface area contributed by atoms with Crippen LogP contribution in [0.4, 0.5) is 19.0 Å². The molecular formula is C20H16ClF3N2O3S. The molecule has 158 valence electrons. The zero-order valence-corrected chi connectivity index (χ0v) is 17.2. The molecule has 0 atom stereocenters. The van der Waals surface area contributed by atoms with Crippen molar-refractivity contribution < 1.29 is 26.3 Å². The molecule has 3 rings (SSSR count). The molecule has 3 aromatic rings. The first-order chi connectivity index (χ1) is 14.1. The summed E-state index contributed by atoms with van der Waals surface area (Å²) in [5.74, 6) is 0.270. The highest BCUT2D eigenvalue weighted by Gasteiger charge is 2.34. The molecule has 0 aliphatic rings. The van der Waals surface area contributed by atoms with Crippen molar-refractivity contribution >= 4 is 27.4 Å². The Hall–Kier alpha value is -2.78. The third kappa shape index (κ3) is 4.68. The molecule has 1 heterocycles. The molecule has 0 fully saturated rings. The lowest BCUT2D eigenvalue weighted by Gasteiger charge is -2.25. The van der Waals surface area contributed by atoms with Crippen LogP contribution in [0.25, 0.3) is 0 Å². The van der Waals surface area contributed by atoms with Crippen LogP contribution in [0.3, 0.4) is 0 Å². The van der Waals surface area contributed by atoms with E-state index in [1.807, 2.05) is 0 Å². The van der Waals surface area contributed by atoms with Gasteiger partial charge in [0.15, 0.2) is 5.82 Å². The van der Waals surface area contributed by atoms with Crippen LogP contribution in [0.1, 0.15) is 11.1 Å². The molecule has 30 heavy (non-hydrogen) atoms. The minimum absolute atomic E-state index is 0.0451. The number of nitrogens with zero attached hydrogens (tertiary/aromatic N) is 2. The predicted molar refractivity (Wildman–Crippen MR) is 107 cm³/mol.